The molecule has 2 heterocycles. The van der Waals surface area contributed by atoms with Crippen LogP contribution in [0.25, 0.3) is 5.57 Å². The molecule has 6 nitrogen and oxygen atoms in total. The van der Waals surface area contributed by atoms with Crippen LogP contribution in [0.2, 0.25) is 0 Å². The van der Waals surface area contributed by atoms with Gasteiger partial charge in [-0.1, -0.05) is 11.6 Å². The second-order valence-corrected chi connectivity index (χ2v) is 5.02. The molecule has 0 spiro atoms. The summed E-state index contributed by atoms with van der Waals surface area (Å²) in [6, 6.07) is 0.410. The molecular weight excluding hydrogens is 264 g/mol. The number of hydrogen-bond acceptors (Lipinski definition) is 5. The predicted molar refractivity (Wildman–Crippen MR) is 76.8 cm³/mol. The molecule has 0 unspecified atom stereocenters. The monoisotopic (exact) mass is 282 g/mol. The lowest BCUT2D eigenvalue weighted by Gasteiger charge is -2.22. The summed E-state index contributed by atoms with van der Waals surface area (Å²) in [5, 5.41) is 7.84. The minimum Gasteiger partial charge on any atom is -0.389 e. The zero-order valence-electron chi connectivity index (χ0n) is 10.6. The summed E-state index contributed by atoms with van der Waals surface area (Å²) in [6.45, 7) is 2.02. The van der Waals surface area contributed by atoms with Gasteiger partial charge in [-0.05, 0) is 32.0 Å². The van der Waals surface area contributed by atoms with Crippen LogP contribution in [0.3, 0.4) is 0 Å². The topological polar surface area (TPSA) is 108 Å². The minimum atomic E-state index is 0.137. The quantitative estimate of drug-likeness (QED) is 0.475. The van der Waals surface area contributed by atoms with E-state index in [1.807, 2.05) is 10.9 Å². The van der Waals surface area contributed by atoms with Crippen molar-refractivity contribution in [3.05, 3.63) is 35.0 Å². The summed E-state index contributed by atoms with van der Waals surface area (Å²) < 4.78 is 1.96. The van der Waals surface area contributed by atoms with E-state index in [1.165, 1.54) is 0 Å². The normalized spacial score (nSPS) is 17.4. The van der Waals surface area contributed by atoms with Crippen molar-refractivity contribution < 1.29 is 0 Å². The first-order valence-electron chi connectivity index (χ1n) is 6.21. The van der Waals surface area contributed by atoms with Crippen molar-refractivity contribution in [1.29, 1.82) is 0 Å². The number of nitrogens with zero attached hydrogens (tertiary/aromatic N) is 2. The van der Waals surface area contributed by atoms with Crippen molar-refractivity contribution in [3.8, 4) is 0 Å². The fourth-order valence-corrected chi connectivity index (χ4v) is 2.33. The van der Waals surface area contributed by atoms with E-state index in [-0.39, 0.29) is 11.0 Å². The number of halogens is 1. The Morgan fingerprint density at radius 1 is 1.37 bits per heavy atom. The third-order valence-electron chi connectivity index (χ3n) is 3.19. The van der Waals surface area contributed by atoms with Gasteiger partial charge in [0.2, 0.25) is 0 Å². The van der Waals surface area contributed by atoms with Gasteiger partial charge in [0, 0.05) is 17.3 Å². The average Bonchev–Trinajstić information content (AvgIpc) is 2.86. The van der Waals surface area contributed by atoms with Gasteiger partial charge in [-0.25, -0.2) is 0 Å². The Morgan fingerprint density at radius 2 is 2.05 bits per heavy atom. The van der Waals surface area contributed by atoms with Gasteiger partial charge in [0.15, 0.2) is 0 Å². The molecule has 1 aliphatic heterocycles. The van der Waals surface area contributed by atoms with Gasteiger partial charge in [-0.15, -0.1) is 0 Å². The van der Waals surface area contributed by atoms with Crippen molar-refractivity contribution in [2.75, 3.05) is 13.1 Å². The molecule has 0 amide bonds. The smallest absolute Gasteiger partial charge is 0.102 e. The Hall–Kier alpha value is -1.66. The van der Waals surface area contributed by atoms with Crippen LogP contribution in [0.5, 0.6) is 0 Å². The zero-order chi connectivity index (χ0) is 13.8. The molecule has 19 heavy (non-hydrogen) atoms. The first-order chi connectivity index (χ1) is 9.08. The van der Waals surface area contributed by atoms with E-state index < -0.39 is 0 Å². The van der Waals surface area contributed by atoms with E-state index in [9.17, 15) is 0 Å². The number of hydrogen-bond donors (Lipinski definition) is 4. The van der Waals surface area contributed by atoms with Gasteiger partial charge in [0.1, 0.15) is 5.82 Å². The van der Waals surface area contributed by atoms with Crippen LogP contribution in [0, 0.1) is 0 Å². The molecular formula is C12H19ClN6. The third kappa shape index (κ3) is 3.42. The third-order valence-corrected chi connectivity index (χ3v) is 3.30. The van der Waals surface area contributed by atoms with E-state index in [0.29, 0.717) is 11.6 Å². The zero-order valence-corrected chi connectivity index (χ0v) is 11.4. The summed E-state index contributed by atoms with van der Waals surface area (Å²) in [5.41, 5.74) is 18.2. The standard InChI is InChI=1S/C12H19ClN6/c13-11(14)5-10(12(15)16)8-6-18-19(7-8)9-1-3-17-4-2-9/h5-7,9,17H,1-4,14-16H2/b11-5-. The Balaban J connectivity index is 2.24. The van der Waals surface area contributed by atoms with E-state index in [1.54, 1.807) is 12.3 Å². The highest BCUT2D eigenvalue weighted by atomic mass is 35.5. The highest BCUT2D eigenvalue weighted by molar-refractivity contribution is 6.29. The molecule has 0 aromatic carbocycles. The molecule has 0 saturated carbocycles. The lowest BCUT2D eigenvalue weighted by molar-refractivity contribution is 0.343. The number of allylic oxidation sites excluding steroid dienone is 2. The van der Waals surface area contributed by atoms with Crippen molar-refractivity contribution in [1.82, 2.24) is 15.1 Å². The van der Waals surface area contributed by atoms with E-state index >= 15 is 0 Å². The van der Waals surface area contributed by atoms with Crippen LogP contribution in [0.1, 0.15) is 24.4 Å². The van der Waals surface area contributed by atoms with Crippen LogP contribution in [-0.2, 0) is 0 Å². The Kier molecular flexibility index (Phi) is 4.34. The summed E-state index contributed by atoms with van der Waals surface area (Å²) in [6.07, 6.45) is 7.33. The minimum absolute atomic E-state index is 0.137. The maximum Gasteiger partial charge on any atom is 0.102 e. The maximum atomic E-state index is 5.68. The molecule has 0 aliphatic carbocycles. The number of piperidine rings is 1. The van der Waals surface area contributed by atoms with Gasteiger partial charge < -0.3 is 22.5 Å². The van der Waals surface area contributed by atoms with E-state index in [4.69, 9.17) is 28.8 Å². The summed E-state index contributed by atoms with van der Waals surface area (Å²) in [7, 11) is 0. The van der Waals surface area contributed by atoms with Crippen molar-refractivity contribution >= 4 is 17.2 Å². The van der Waals surface area contributed by atoms with Gasteiger partial charge in [0.25, 0.3) is 0 Å². The number of aromatic nitrogens is 2. The summed E-state index contributed by atoms with van der Waals surface area (Å²) in [5.74, 6) is 0.175. The van der Waals surface area contributed by atoms with Crippen LogP contribution < -0.4 is 22.5 Å². The Morgan fingerprint density at radius 3 is 2.63 bits per heavy atom. The van der Waals surface area contributed by atoms with Crippen LogP contribution in [0.4, 0.5) is 0 Å². The number of nitrogens with one attached hydrogen (secondary N) is 1. The fraction of sp³-hybridized carbons (Fsp3) is 0.417. The molecule has 0 radical (unpaired) electrons. The second kappa shape index (κ2) is 5.99. The molecule has 0 atom stereocenters. The van der Waals surface area contributed by atoms with Crippen LogP contribution >= 0.6 is 11.6 Å². The lowest BCUT2D eigenvalue weighted by Crippen LogP contribution is -2.29. The van der Waals surface area contributed by atoms with Gasteiger partial charge >= 0.3 is 0 Å². The summed E-state index contributed by atoms with van der Waals surface area (Å²) in [4.78, 5) is 0. The molecule has 2 rings (SSSR count). The highest BCUT2D eigenvalue weighted by Gasteiger charge is 2.16. The number of nitrogens with two attached hydrogens (primary N) is 3. The Bertz CT molecular complexity index is 490. The fourth-order valence-electron chi connectivity index (χ4n) is 2.22. The maximum absolute atomic E-state index is 5.68. The average molecular weight is 283 g/mol. The molecule has 1 aromatic rings. The Labute approximate surface area is 117 Å². The van der Waals surface area contributed by atoms with E-state index in [2.05, 4.69) is 10.4 Å². The number of rotatable bonds is 3. The summed E-state index contributed by atoms with van der Waals surface area (Å²) >= 11 is 5.68. The van der Waals surface area contributed by atoms with Gasteiger partial charge in [-0.3, -0.25) is 4.68 Å². The molecule has 7 heteroatoms. The van der Waals surface area contributed by atoms with Crippen LogP contribution in [0.15, 0.2) is 29.4 Å². The van der Waals surface area contributed by atoms with Gasteiger partial charge in [-0.2, -0.15) is 5.10 Å². The van der Waals surface area contributed by atoms with Crippen molar-refractivity contribution in [2.45, 2.75) is 18.9 Å². The molecule has 104 valence electrons. The van der Waals surface area contributed by atoms with Gasteiger partial charge in [0.05, 0.1) is 17.4 Å². The first kappa shape index (κ1) is 13.8. The lowest BCUT2D eigenvalue weighted by atomic mass is 10.1. The van der Waals surface area contributed by atoms with Crippen molar-refractivity contribution in [2.24, 2.45) is 17.2 Å². The van der Waals surface area contributed by atoms with Crippen molar-refractivity contribution in [3.63, 3.8) is 0 Å². The molecule has 1 fully saturated rings. The molecule has 0 bridgehead atoms. The predicted octanol–water partition coefficient (Wildman–Crippen LogP) is 0.432. The SMILES string of the molecule is NC(N)=C(/C=C(\N)Cl)c1cnn(C2CCNCC2)c1. The molecule has 1 aromatic heterocycles. The molecule has 7 N–H and O–H groups in total. The van der Waals surface area contributed by atoms with Crippen LogP contribution in [-0.4, -0.2) is 22.9 Å². The first-order valence-corrected chi connectivity index (χ1v) is 6.59. The highest BCUT2D eigenvalue weighted by Crippen LogP contribution is 2.22. The molecule has 1 saturated heterocycles. The largest absolute Gasteiger partial charge is 0.389 e. The van der Waals surface area contributed by atoms with E-state index in [0.717, 1.165) is 31.5 Å². The second-order valence-electron chi connectivity index (χ2n) is 4.59. The molecule has 1 aliphatic rings.